The number of allylic oxidation sites excluding steroid dienone is 2. The highest BCUT2D eigenvalue weighted by atomic mass is 32.2. The Morgan fingerprint density at radius 2 is 1.72 bits per heavy atom. The van der Waals surface area contributed by atoms with Gasteiger partial charge >= 0.3 is 0 Å². The van der Waals surface area contributed by atoms with Gasteiger partial charge in [-0.2, -0.15) is 0 Å². The molecule has 2 aliphatic rings. The second kappa shape index (κ2) is 8.59. The number of anilines is 2. The number of amides is 1. The van der Waals surface area contributed by atoms with Crippen LogP contribution in [0.2, 0.25) is 0 Å². The Balaban J connectivity index is 1.74. The lowest BCUT2D eigenvalue weighted by Gasteiger charge is -2.28. The second-order valence-electron chi connectivity index (χ2n) is 6.73. The average Bonchev–Trinajstić information content (AvgIpc) is 3.26. The van der Waals surface area contributed by atoms with Gasteiger partial charge in [-0.3, -0.25) is 4.79 Å². The van der Waals surface area contributed by atoms with E-state index in [2.05, 4.69) is 65.5 Å². The fourth-order valence-corrected chi connectivity index (χ4v) is 5.88. The summed E-state index contributed by atoms with van der Waals surface area (Å²) in [5, 5.41) is 1.15. The number of para-hydroxylation sites is 2. The molecule has 0 bridgehead atoms. The van der Waals surface area contributed by atoms with E-state index in [4.69, 9.17) is 0 Å². The zero-order valence-electron chi connectivity index (χ0n) is 16.9. The van der Waals surface area contributed by atoms with Crippen molar-refractivity contribution in [2.75, 3.05) is 29.1 Å². The first-order valence-corrected chi connectivity index (χ1v) is 11.9. The Bertz CT molecular complexity index is 958. The van der Waals surface area contributed by atoms with Crippen LogP contribution < -0.4 is 9.80 Å². The van der Waals surface area contributed by atoms with Crippen LogP contribution in [0.25, 0.3) is 0 Å². The van der Waals surface area contributed by atoms with Crippen molar-refractivity contribution in [2.45, 2.75) is 24.2 Å². The Morgan fingerprint density at radius 1 is 1.00 bits per heavy atom. The van der Waals surface area contributed by atoms with Gasteiger partial charge in [0.2, 0.25) is 0 Å². The van der Waals surface area contributed by atoms with Crippen LogP contribution in [0.3, 0.4) is 0 Å². The molecule has 0 saturated carbocycles. The molecular weight excluding hydrogens is 398 g/mol. The summed E-state index contributed by atoms with van der Waals surface area (Å²) in [5.41, 5.74) is 2.96. The van der Waals surface area contributed by atoms with Gasteiger partial charge in [0, 0.05) is 23.7 Å². The van der Waals surface area contributed by atoms with Crippen LogP contribution in [0.4, 0.5) is 11.4 Å². The third-order valence-corrected chi connectivity index (χ3v) is 7.17. The molecule has 2 aromatic rings. The highest BCUT2D eigenvalue weighted by Gasteiger charge is 2.41. The first-order valence-electron chi connectivity index (χ1n) is 9.84. The number of rotatable bonds is 5. The van der Waals surface area contributed by atoms with Crippen LogP contribution in [0.15, 0.2) is 82.4 Å². The summed E-state index contributed by atoms with van der Waals surface area (Å²) in [5.74, 6) is 0.0797. The summed E-state index contributed by atoms with van der Waals surface area (Å²) in [6, 6.07) is 18.6. The van der Waals surface area contributed by atoms with E-state index in [1.165, 1.54) is 10.6 Å². The number of hydrogen-bond donors (Lipinski definition) is 0. The van der Waals surface area contributed by atoms with E-state index in [1.54, 1.807) is 23.5 Å². The minimum Gasteiger partial charge on any atom is -0.335 e. The van der Waals surface area contributed by atoms with E-state index < -0.39 is 0 Å². The Labute approximate surface area is 181 Å². The molecule has 4 rings (SSSR count). The Morgan fingerprint density at radius 3 is 2.41 bits per heavy atom. The molecule has 0 aromatic heterocycles. The van der Waals surface area contributed by atoms with Gasteiger partial charge in [0.05, 0.1) is 10.7 Å². The van der Waals surface area contributed by atoms with E-state index in [-0.39, 0.29) is 11.4 Å². The van der Waals surface area contributed by atoms with Gasteiger partial charge in [0.1, 0.15) is 5.70 Å². The second-order valence-corrected chi connectivity index (χ2v) is 8.68. The molecule has 29 heavy (non-hydrogen) atoms. The number of hydrogen-bond acceptors (Lipinski definition) is 5. The van der Waals surface area contributed by atoms with Crippen molar-refractivity contribution in [3.05, 3.63) is 77.5 Å². The number of likely N-dealkylation sites (N-methyl/N-ethyl adjacent to an activating group) is 1. The Hall–Kier alpha value is -2.31. The number of carbonyl (C=O) groups is 1. The summed E-state index contributed by atoms with van der Waals surface area (Å²) in [6.45, 7) is 5.77. The van der Waals surface area contributed by atoms with Crippen LogP contribution in [0, 0.1) is 0 Å². The van der Waals surface area contributed by atoms with Crippen molar-refractivity contribution in [3.63, 3.8) is 0 Å². The number of benzene rings is 2. The summed E-state index contributed by atoms with van der Waals surface area (Å²) in [7, 11) is 0. The molecule has 1 amide bonds. The molecule has 1 saturated heterocycles. The molecule has 150 valence electrons. The predicted molar refractivity (Wildman–Crippen MR) is 125 cm³/mol. The highest BCUT2D eigenvalue weighted by molar-refractivity contribution is 8.03. The molecule has 1 unspecified atom stereocenters. The van der Waals surface area contributed by atoms with E-state index in [0.29, 0.717) is 6.54 Å². The maximum Gasteiger partial charge on any atom is 0.272 e. The molecule has 2 heterocycles. The monoisotopic (exact) mass is 423 g/mol. The van der Waals surface area contributed by atoms with Crippen LogP contribution in [-0.4, -0.2) is 35.7 Å². The normalized spacial score (nSPS) is 21.6. The summed E-state index contributed by atoms with van der Waals surface area (Å²) >= 11 is 3.44. The van der Waals surface area contributed by atoms with Gasteiger partial charge < -0.3 is 14.7 Å². The quantitative estimate of drug-likeness (QED) is 0.604. The zero-order chi connectivity index (χ0) is 20.4. The minimum atomic E-state index is -0.0322. The number of nitrogens with zero attached hydrogens (tertiary/aromatic N) is 3. The third-order valence-electron chi connectivity index (χ3n) is 5.15. The molecule has 0 N–H and O–H groups in total. The smallest absolute Gasteiger partial charge is 0.272 e. The molecular formula is C23H25N3OS2. The van der Waals surface area contributed by atoms with E-state index in [1.807, 2.05) is 36.1 Å². The van der Waals surface area contributed by atoms with Crippen LogP contribution in [0.5, 0.6) is 0 Å². The van der Waals surface area contributed by atoms with Crippen molar-refractivity contribution < 1.29 is 4.79 Å². The van der Waals surface area contributed by atoms with E-state index >= 15 is 0 Å². The Kier molecular flexibility index (Phi) is 5.92. The standard InChI is InChI=1S/C23H25N3OS2/c1-4-24-18-13-9-10-14-20(18)29-21(24)16-15-19-22(27)25(5-2)23(28-3)26(19)17-11-7-6-8-12-17/h6-16,23H,4-5H2,1-3H3. The summed E-state index contributed by atoms with van der Waals surface area (Å²) in [6.07, 6.45) is 6.14. The lowest BCUT2D eigenvalue weighted by Crippen LogP contribution is -2.36. The lowest BCUT2D eigenvalue weighted by atomic mass is 10.2. The number of thioether (sulfide) groups is 2. The molecule has 2 aromatic carbocycles. The first-order chi connectivity index (χ1) is 14.2. The number of fused-ring (bicyclic) bond motifs is 1. The van der Waals surface area contributed by atoms with Crippen molar-refractivity contribution >= 4 is 40.8 Å². The van der Waals surface area contributed by atoms with Crippen LogP contribution >= 0.6 is 23.5 Å². The van der Waals surface area contributed by atoms with Gasteiger partial charge in [-0.15, -0.1) is 11.8 Å². The third kappa shape index (κ3) is 3.55. The topological polar surface area (TPSA) is 26.8 Å². The summed E-state index contributed by atoms with van der Waals surface area (Å²) < 4.78 is 0. The molecule has 0 radical (unpaired) electrons. The molecule has 4 nitrogen and oxygen atoms in total. The van der Waals surface area contributed by atoms with Crippen molar-refractivity contribution in [3.8, 4) is 0 Å². The van der Waals surface area contributed by atoms with Crippen LogP contribution in [0.1, 0.15) is 13.8 Å². The maximum atomic E-state index is 13.2. The van der Waals surface area contributed by atoms with Crippen molar-refractivity contribution in [1.29, 1.82) is 0 Å². The van der Waals surface area contributed by atoms with Gasteiger partial charge in [-0.05, 0) is 56.5 Å². The molecule has 1 fully saturated rings. The maximum absolute atomic E-state index is 13.2. The first kappa shape index (κ1) is 20.0. The molecule has 0 aliphatic carbocycles. The van der Waals surface area contributed by atoms with Gasteiger partial charge in [0.25, 0.3) is 5.91 Å². The lowest BCUT2D eigenvalue weighted by molar-refractivity contribution is -0.124. The molecule has 2 aliphatic heterocycles. The fourth-order valence-electron chi connectivity index (χ4n) is 3.80. The average molecular weight is 424 g/mol. The van der Waals surface area contributed by atoms with Gasteiger partial charge in [0.15, 0.2) is 5.50 Å². The SMILES string of the molecule is CCN1C(=CC=C2C(=O)N(CC)C(SC)N2c2ccccc2)Sc2ccccc21. The van der Waals surface area contributed by atoms with Crippen molar-refractivity contribution in [2.24, 2.45) is 0 Å². The van der Waals surface area contributed by atoms with Gasteiger partial charge in [-0.25, -0.2) is 0 Å². The van der Waals surface area contributed by atoms with Gasteiger partial charge in [-0.1, -0.05) is 42.1 Å². The highest BCUT2D eigenvalue weighted by Crippen LogP contribution is 2.45. The zero-order valence-corrected chi connectivity index (χ0v) is 18.5. The van der Waals surface area contributed by atoms with E-state index in [0.717, 1.165) is 23.0 Å². The largest absolute Gasteiger partial charge is 0.335 e. The molecule has 1 atom stereocenters. The number of carbonyl (C=O) groups excluding carboxylic acids is 1. The predicted octanol–water partition coefficient (Wildman–Crippen LogP) is 5.36. The van der Waals surface area contributed by atoms with Crippen LogP contribution in [-0.2, 0) is 4.79 Å². The fraction of sp³-hybridized carbons (Fsp3) is 0.261. The minimum absolute atomic E-state index is 0.0322. The van der Waals surface area contributed by atoms with Crippen molar-refractivity contribution in [1.82, 2.24) is 4.90 Å². The molecule has 0 spiro atoms. The molecule has 6 heteroatoms. The van der Waals surface area contributed by atoms with E-state index in [9.17, 15) is 4.79 Å². The summed E-state index contributed by atoms with van der Waals surface area (Å²) in [4.78, 5) is 20.8.